The third-order valence-electron chi connectivity index (χ3n) is 4.77. The average Bonchev–Trinajstić information content (AvgIpc) is 2.51. The van der Waals surface area contributed by atoms with Crippen LogP contribution in [0.25, 0.3) is 0 Å². The van der Waals surface area contributed by atoms with Crippen LogP contribution in [0.1, 0.15) is 52.4 Å². The fraction of sp³-hybridized carbons (Fsp3) is 0.882. The molecule has 0 aromatic heterocycles. The predicted molar refractivity (Wildman–Crippen MR) is 94.7 cm³/mol. The first kappa shape index (κ1) is 19.7. The second-order valence-corrected chi connectivity index (χ2v) is 6.58. The van der Waals surface area contributed by atoms with E-state index in [0.29, 0.717) is 18.4 Å². The lowest BCUT2D eigenvalue weighted by atomic mass is 9.67. The molecule has 1 saturated carbocycles. The molecule has 23 heavy (non-hydrogen) atoms. The SMILES string of the molecule is CCC(C)NC(=O)CCNC(=NC)NCC1(CCOC)CCC1. The van der Waals surface area contributed by atoms with Crippen molar-refractivity contribution in [2.75, 3.05) is 33.9 Å². The van der Waals surface area contributed by atoms with Crippen LogP contribution in [0.4, 0.5) is 0 Å². The van der Waals surface area contributed by atoms with Crippen LogP contribution in [-0.2, 0) is 9.53 Å². The summed E-state index contributed by atoms with van der Waals surface area (Å²) in [5.74, 6) is 0.850. The monoisotopic (exact) mass is 326 g/mol. The fourth-order valence-electron chi connectivity index (χ4n) is 2.75. The maximum absolute atomic E-state index is 11.7. The highest BCUT2D eigenvalue weighted by Crippen LogP contribution is 2.43. The molecule has 1 unspecified atom stereocenters. The van der Waals surface area contributed by atoms with E-state index in [0.717, 1.165) is 32.0 Å². The van der Waals surface area contributed by atoms with E-state index in [2.05, 4.69) is 27.9 Å². The molecule has 0 aliphatic heterocycles. The molecule has 1 aliphatic carbocycles. The van der Waals surface area contributed by atoms with E-state index in [9.17, 15) is 4.79 Å². The van der Waals surface area contributed by atoms with Crippen molar-refractivity contribution in [2.24, 2.45) is 10.4 Å². The van der Waals surface area contributed by atoms with Crippen LogP contribution in [0.3, 0.4) is 0 Å². The molecule has 0 aromatic rings. The normalized spacial score (nSPS) is 18.0. The van der Waals surface area contributed by atoms with Crippen molar-refractivity contribution in [1.82, 2.24) is 16.0 Å². The Bertz CT molecular complexity index is 381. The molecular formula is C17H34N4O2. The lowest BCUT2D eigenvalue weighted by molar-refractivity contribution is -0.121. The zero-order chi connectivity index (χ0) is 17.1. The highest BCUT2D eigenvalue weighted by atomic mass is 16.5. The van der Waals surface area contributed by atoms with Crippen LogP contribution in [-0.4, -0.2) is 51.8 Å². The van der Waals surface area contributed by atoms with Gasteiger partial charge in [-0.05, 0) is 38.0 Å². The van der Waals surface area contributed by atoms with Gasteiger partial charge in [0, 0.05) is 46.3 Å². The summed E-state index contributed by atoms with van der Waals surface area (Å²) in [7, 11) is 3.52. The molecule has 1 rings (SSSR count). The van der Waals surface area contributed by atoms with Crippen LogP contribution in [0, 0.1) is 5.41 Å². The Hall–Kier alpha value is -1.30. The van der Waals surface area contributed by atoms with Crippen LogP contribution < -0.4 is 16.0 Å². The number of amides is 1. The van der Waals surface area contributed by atoms with E-state index >= 15 is 0 Å². The third-order valence-corrected chi connectivity index (χ3v) is 4.77. The molecule has 3 N–H and O–H groups in total. The number of nitrogens with zero attached hydrogens (tertiary/aromatic N) is 1. The summed E-state index contributed by atoms with van der Waals surface area (Å²) in [4.78, 5) is 16.0. The Labute approximate surface area is 140 Å². The Kier molecular flexibility index (Phi) is 8.99. The topological polar surface area (TPSA) is 74.8 Å². The van der Waals surface area contributed by atoms with E-state index in [1.807, 2.05) is 6.92 Å². The van der Waals surface area contributed by atoms with Crippen LogP contribution in [0.2, 0.25) is 0 Å². The van der Waals surface area contributed by atoms with Crippen LogP contribution >= 0.6 is 0 Å². The Morgan fingerprint density at radius 3 is 2.61 bits per heavy atom. The summed E-state index contributed by atoms with van der Waals surface area (Å²) in [5.41, 5.74) is 0.349. The van der Waals surface area contributed by atoms with Gasteiger partial charge in [-0.15, -0.1) is 0 Å². The molecule has 1 atom stereocenters. The van der Waals surface area contributed by atoms with Crippen molar-refractivity contribution in [3.05, 3.63) is 0 Å². The Morgan fingerprint density at radius 2 is 2.09 bits per heavy atom. The average molecular weight is 326 g/mol. The van der Waals surface area contributed by atoms with Gasteiger partial charge in [-0.1, -0.05) is 13.3 Å². The number of nitrogens with one attached hydrogen (secondary N) is 3. The van der Waals surface area contributed by atoms with E-state index in [1.54, 1.807) is 14.2 Å². The Balaban J connectivity index is 2.25. The zero-order valence-corrected chi connectivity index (χ0v) is 15.2. The van der Waals surface area contributed by atoms with E-state index in [-0.39, 0.29) is 11.9 Å². The number of carbonyl (C=O) groups is 1. The van der Waals surface area contributed by atoms with Crippen molar-refractivity contribution < 1.29 is 9.53 Å². The van der Waals surface area contributed by atoms with Crippen LogP contribution in [0.5, 0.6) is 0 Å². The standard InChI is InChI=1S/C17H34N4O2/c1-5-14(2)21-15(22)7-11-19-16(18-3)20-13-17(8-6-9-17)10-12-23-4/h14H,5-13H2,1-4H3,(H,21,22)(H2,18,19,20). The summed E-state index contributed by atoms with van der Waals surface area (Å²) in [5, 5.41) is 9.58. The number of ether oxygens (including phenoxy) is 1. The van der Waals surface area contributed by atoms with Gasteiger partial charge in [0.25, 0.3) is 0 Å². The molecule has 1 aliphatic rings. The number of hydrogen-bond donors (Lipinski definition) is 3. The minimum atomic E-state index is 0.0814. The number of hydrogen-bond acceptors (Lipinski definition) is 3. The van der Waals surface area contributed by atoms with Gasteiger partial charge in [-0.2, -0.15) is 0 Å². The fourth-order valence-corrected chi connectivity index (χ4v) is 2.75. The van der Waals surface area contributed by atoms with Gasteiger partial charge in [0.2, 0.25) is 5.91 Å². The van der Waals surface area contributed by atoms with Crippen molar-refractivity contribution in [3.8, 4) is 0 Å². The third kappa shape index (κ3) is 7.20. The molecule has 0 heterocycles. The first-order chi connectivity index (χ1) is 11.0. The van der Waals surface area contributed by atoms with Gasteiger partial charge < -0.3 is 20.7 Å². The molecule has 134 valence electrons. The minimum absolute atomic E-state index is 0.0814. The highest BCUT2D eigenvalue weighted by molar-refractivity contribution is 5.81. The maximum atomic E-state index is 11.7. The number of rotatable bonds is 10. The minimum Gasteiger partial charge on any atom is -0.385 e. The smallest absolute Gasteiger partial charge is 0.221 e. The molecule has 6 nitrogen and oxygen atoms in total. The second-order valence-electron chi connectivity index (χ2n) is 6.58. The van der Waals surface area contributed by atoms with Crippen molar-refractivity contribution in [1.29, 1.82) is 0 Å². The van der Waals surface area contributed by atoms with Gasteiger partial charge in [0.1, 0.15) is 0 Å². The van der Waals surface area contributed by atoms with E-state index in [4.69, 9.17) is 4.74 Å². The summed E-state index contributed by atoms with van der Waals surface area (Å²) in [6.07, 6.45) is 6.29. The maximum Gasteiger partial charge on any atom is 0.221 e. The summed E-state index contributed by atoms with van der Waals surface area (Å²) in [6.45, 7) is 6.39. The number of guanidine groups is 1. The first-order valence-corrected chi connectivity index (χ1v) is 8.78. The molecule has 1 fully saturated rings. The molecule has 0 spiro atoms. The molecule has 1 amide bonds. The van der Waals surface area contributed by atoms with Gasteiger partial charge >= 0.3 is 0 Å². The summed E-state index contributed by atoms with van der Waals surface area (Å²) < 4.78 is 5.22. The van der Waals surface area contributed by atoms with Gasteiger partial charge in [0.15, 0.2) is 5.96 Å². The van der Waals surface area contributed by atoms with Gasteiger partial charge in [-0.3, -0.25) is 9.79 Å². The number of carbonyl (C=O) groups excluding carboxylic acids is 1. The number of aliphatic imine (C=N–C) groups is 1. The van der Waals surface area contributed by atoms with Crippen LogP contribution in [0.15, 0.2) is 4.99 Å². The molecular weight excluding hydrogens is 292 g/mol. The second kappa shape index (κ2) is 10.5. The number of methoxy groups -OCH3 is 1. The first-order valence-electron chi connectivity index (χ1n) is 8.78. The molecule has 0 saturated heterocycles. The molecule has 0 aromatic carbocycles. The largest absolute Gasteiger partial charge is 0.385 e. The van der Waals surface area contributed by atoms with E-state index < -0.39 is 0 Å². The molecule has 0 radical (unpaired) electrons. The van der Waals surface area contributed by atoms with Crippen molar-refractivity contribution in [2.45, 2.75) is 58.4 Å². The quantitative estimate of drug-likeness (QED) is 0.422. The van der Waals surface area contributed by atoms with Crippen molar-refractivity contribution in [3.63, 3.8) is 0 Å². The van der Waals surface area contributed by atoms with Gasteiger partial charge in [-0.25, -0.2) is 0 Å². The van der Waals surface area contributed by atoms with Gasteiger partial charge in [0.05, 0.1) is 0 Å². The molecule has 0 bridgehead atoms. The summed E-state index contributed by atoms with van der Waals surface area (Å²) in [6, 6.07) is 0.235. The summed E-state index contributed by atoms with van der Waals surface area (Å²) >= 11 is 0. The lowest BCUT2D eigenvalue weighted by Gasteiger charge is -2.42. The lowest BCUT2D eigenvalue weighted by Crippen LogP contribution is -2.47. The molecule has 6 heteroatoms. The predicted octanol–water partition coefficient (Wildman–Crippen LogP) is 1.66. The van der Waals surface area contributed by atoms with Crippen molar-refractivity contribution >= 4 is 11.9 Å². The zero-order valence-electron chi connectivity index (χ0n) is 15.2. The van der Waals surface area contributed by atoms with E-state index in [1.165, 1.54) is 19.3 Å². The highest BCUT2D eigenvalue weighted by Gasteiger charge is 2.36. The Morgan fingerprint density at radius 1 is 1.35 bits per heavy atom.